The quantitative estimate of drug-likeness (QED) is 0.283. The van der Waals surface area contributed by atoms with E-state index in [1.807, 2.05) is 36.4 Å². The molecule has 4 nitrogen and oxygen atoms in total. The van der Waals surface area contributed by atoms with Gasteiger partial charge in [0.1, 0.15) is 17.2 Å². The third kappa shape index (κ3) is 6.13. The first kappa shape index (κ1) is 22.4. The van der Waals surface area contributed by atoms with Crippen LogP contribution >= 0.6 is 0 Å². The standard InChI is InChI=1S/C29H29O4/c1-30-25-10-4-21(5-11-25)16-24-19-28(17-22-6-12-26(31-2)13-7-22)33-29(20-24)18-23-8-14-27(32-3)15-9-23/h4-15,19-20H,16-18H2,1-3H3/q+1. The fourth-order valence-corrected chi connectivity index (χ4v) is 3.83. The Morgan fingerprint density at radius 3 is 1.12 bits per heavy atom. The van der Waals surface area contributed by atoms with Gasteiger partial charge in [-0.3, -0.25) is 0 Å². The Kier molecular flexibility index (Phi) is 7.26. The maximum absolute atomic E-state index is 6.33. The molecule has 4 aromatic rings. The number of hydrogen-bond acceptors (Lipinski definition) is 3. The maximum Gasteiger partial charge on any atom is 0.334 e. The first-order chi connectivity index (χ1) is 16.1. The minimum Gasteiger partial charge on any atom is -0.497 e. The number of benzene rings is 3. The molecule has 4 heteroatoms. The van der Waals surface area contributed by atoms with Crippen molar-refractivity contribution < 1.29 is 18.6 Å². The predicted molar refractivity (Wildman–Crippen MR) is 131 cm³/mol. The third-order valence-electron chi connectivity index (χ3n) is 5.60. The second kappa shape index (κ2) is 10.7. The lowest BCUT2D eigenvalue weighted by molar-refractivity contribution is 0.414. The molecule has 4 rings (SSSR count). The molecule has 0 aliphatic carbocycles. The van der Waals surface area contributed by atoms with Gasteiger partial charge in [-0.15, -0.1) is 0 Å². The van der Waals surface area contributed by atoms with Gasteiger partial charge in [-0.25, -0.2) is 4.42 Å². The highest BCUT2D eigenvalue weighted by molar-refractivity contribution is 5.35. The molecule has 0 aliphatic heterocycles. The maximum atomic E-state index is 6.33. The van der Waals surface area contributed by atoms with Crippen molar-refractivity contribution in [1.29, 1.82) is 0 Å². The van der Waals surface area contributed by atoms with Crippen LogP contribution in [0.5, 0.6) is 17.2 Å². The molecular formula is C29H29O4+. The van der Waals surface area contributed by atoms with Crippen LogP contribution in [0.15, 0.2) is 89.3 Å². The van der Waals surface area contributed by atoms with Crippen molar-refractivity contribution in [2.75, 3.05) is 21.3 Å². The van der Waals surface area contributed by atoms with Gasteiger partial charge in [-0.2, -0.15) is 0 Å². The lowest BCUT2D eigenvalue weighted by atomic mass is 10.0. The van der Waals surface area contributed by atoms with Crippen LogP contribution in [0.25, 0.3) is 0 Å². The molecule has 0 aliphatic rings. The van der Waals surface area contributed by atoms with Crippen LogP contribution in [0, 0.1) is 0 Å². The molecule has 1 aromatic heterocycles. The van der Waals surface area contributed by atoms with Gasteiger partial charge in [0.2, 0.25) is 0 Å². The molecule has 168 valence electrons. The molecule has 0 saturated carbocycles. The van der Waals surface area contributed by atoms with Crippen molar-refractivity contribution in [3.8, 4) is 17.2 Å². The van der Waals surface area contributed by atoms with Crippen molar-refractivity contribution >= 4 is 0 Å². The highest BCUT2D eigenvalue weighted by atomic mass is 16.5. The van der Waals surface area contributed by atoms with E-state index in [1.54, 1.807) is 21.3 Å². The molecule has 1 heterocycles. The lowest BCUT2D eigenvalue weighted by Crippen LogP contribution is -1.98. The number of methoxy groups -OCH3 is 3. The summed E-state index contributed by atoms with van der Waals surface area (Å²) in [6, 6.07) is 28.8. The average Bonchev–Trinajstić information content (AvgIpc) is 2.85. The predicted octanol–water partition coefficient (Wildman–Crippen LogP) is 6.36. The SMILES string of the molecule is COc1ccc(Cc2cc(Cc3ccc(OC)cc3)[o+]c(Cc3ccc(OC)cc3)c2)cc1. The highest BCUT2D eigenvalue weighted by Gasteiger charge is 2.18. The Balaban J connectivity index is 1.61. The summed E-state index contributed by atoms with van der Waals surface area (Å²) in [6.45, 7) is 0. The van der Waals surface area contributed by atoms with Gasteiger partial charge >= 0.3 is 11.5 Å². The zero-order valence-corrected chi connectivity index (χ0v) is 19.3. The molecule has 0 radical (unpaired) electrons. The smallest absolute Gasteiger partial charge is 0.334 e. The van der Waals surface area contributed by atoms with E-state index in [9.17, 15) is 0 Å². The van der Waals surface area contributed by atoms with Gasteiger partial charge < -0.3 is 14.2 Å². The van der Waals surface area contributed by atoms with Crippen molar-refractivity contribution in [2.45, 2.75) is 19.3 Å². The first-order valence-electron chi connectivity index (χ1n) is 11.0. The van der Waals surface area contributed by atoms with Crippen LogP contribution in [0.2, 0.25) is 0 Å². The summed E-state index contributed by atoms with van der Waals surface area (Å²) in [4.78, 5) is 0. The van der Waals surface area contributed by atoms with Gasteiger partial charge in [0, 0.05) is 12.1 Å². The summed E-state index contributed by atoms with van der Waals surface area (Å²) in [6.07, 6.45) is 2.26. The minimum atomic E-state index is 0.718. The fourth-order valence-electron chi connectivity index (χ4n) is 3.83. The molecule has 3 aromatic carbocycles. The molecule has 0 N–H and O–H groups in total. The Bertz CT molecular complexity index is 1000. The van der Waals surface area contributed by atoms with E-state index in [0.29, 0.717) is 0 Å². The minimum absolute atomic E-state index is 0.718. The van der Waals surface area contributed by atoms with Crippen molar-refractivity contribution in [3.63, 3.8) is 0 Å². The molecule has 0 bridgehead atoms. The summed E-state index contributed by atoms with van der Waals surface area (Å²) >= 11 is 0. The van der Waals surface area contributed by atoms with Gasteiger partial charge in [-0.05, 0) is 65.1 Å². The fraction of sp³-hybridized carbons (Fsp3) is 0.207. The molecule has 0 unspecified atom stereocenters. The molecule has 0 saturated heterocycles. The Morgan fingerprint density at radius 1 is 0.455 bits per heavy atom. The van der Waals surface area contributed by atoms with Crippen LogP contribution in [-0.2, 0) is 19.3 Å². The van der Waals surface area contributed by atoms with Crippen LogP contribution in [0.1, 0.15) is 33.8 Å². The zero-order valence-electron chi connectivity index (χ0n) is 19.3. The molecule has 0 fully saturated rings. The van der Waals surface area contributed by atoms with Crippen LogP contribution in [0.3, 0.4) is 0 Å². The average molecular weight is 442 g/mol. The molecule has 0 amide bonds. The van der Waals surface area contributed by atoms with Crippen molar-refractivity contribution in [2.24, 2.45) is 0 Å². The Labute approximate surface area is 195 Å². The molecular weight excluding hydrogens is 412 g/mol. The van der Waals surface area contributed by atoms with Gasteiger partial charge in [-0.1, -0.05) is 36.4 Å². The van der Waals surface area contributed by atoms with Crippen molar-refractivity contribution in [3.05, 3.63) is 119 Å². The van der Waals surface area contributed by atoms with Crippen LogP contribution in [0.4, 0.5) is 0 Å². The normalized spacial score (nSPS) is 10.6. The third-order valence-corrected chi connectivity index (χ3v) is 5.60. The second-order valence-electron chi connectivity index (χ2n) is 7.97. The molecule has 0 spiro atoms. The van der Waals surface area contributed by atoms with E-state index >= 15 is 0 Å². The lowest BCUT2D eigenvalue weighted by Gasteiger charge is -2.05. The Morgan fingerprint density at radius 2 is 0.788 bits per heavy atom. The van der Waals surface area contributed by atoms with Crippen molar-refractivity contribution in [1.82, 2.24) is 0 Å². The van der Waals surface area contributed by atoms with E-state index in [2.05, 4.69) is 48.5 Å². The largest absolute Gasteiger partial charge is 0.497 e. The van der Waals surface area contributed by atoms with Gasteiger partial charge in [0.25, 0.3) is 0 Å². The molecule has 0 atom stereocenters. The number of ether oxygens (including phenoxy) is 3. The van der Waals surface area contributed by atoms with Crippen LogP contribution in [-0.4, -0.2) is 21.3 Å². The summed E-state index contributed by atoms with van der Waals surface area (Å²) in [5.41, 5.74) is 4.80. The Hall–Kier alpha value is -3.79. The van der Waals surface area contributed by atoms with E-state index < -0.39 is 0 Å². The summed E-state index contributed by atoms with van der Waals surface area (Å²) in [7, 11) is 5.04. The second-order valence-corrected chi connectivity index (χ2v) is 7.97. The van der Waals surface area contributed by atoms with Gasteiger partial charge in [0.15, 0.2) is 0 Å². The summed E-state index contributed by atoms with van der Waals surface area (Å²) < 4.78 is 22.2. The highest BCUT2D eigenvalue weighted by Crippen LogP contribution is 2.23. The topological polar surface area (TPSA) is 39.0 Å². The van der Waals surface area contributed by atoms with Gasteiger partial charge in [0.05, 0.1) is 34.2 Å². The van der Waals surface area contributed by atoms with E-state index in [4.69, 9.17) is 18.6 Å². The number of hydrogen-bond donors (Lipinski definition) is 0. The van der Waals surface area contributed by atoms with E-state index in [0.717, 1.165) is 48.0 Å². The summed E-state index contributed by atoms with van der Waals surface area (Å²) in [5, 5.41) is 0. The monoisotopic (exact) mass is 441 g/mol. The van der Waals surface area contributed by atoms with Crippen LogP contribution < -0.4 is 14.2 Å². The van der Waals surface area contributed by atoms with E-state index in [1.165, 1.54) is 22.3 Å². The molecule has 33 heavy (non-hydrogen) atoms. The first-order valence-corrected chi connectivity index (χ1v) is 11.0. The number of rotatable bonds is 9. The van der Waals surface area contributed by atoms with E-state index in [-0.39, 0.29) is 0 Å². The zero-order chi connectivity index (χ0) is 23.0. The summed E-state index contributed by atoms with van der Waals surface area (Å²) in [5.74, 6) is 4.44.